The molecule has 0 aromatic heterocycles. The van der Waals surface area contributed by atoms with Crippen molar-refractivity contribution in [3.05, 3.63) is 42.0 Å². The predicted molar refractivity (Wildman–Crippen MR) is 85.1 cm³/mol. The molecule has 0 unspecified atom stereocenters. The fourth-order valence-corrected chi connectivity index (χ4v) is 2.54. The van der Waals surface area contributed by atoms with Crippen molar-refractivity contribution in [2.75, 3.05) is 26.3 Å². The minimum Gasteiger partial charge on any atom is -0.380 e. The van der Waals surface area contributed by atoms with Crippen LogP contribution in [0.2, 0.25) is 0 Å². The molecule has 1 atom stereocenters. The van der Waals surface area contributed by atoms with Crippen LogP contribution >= 0.6 is 0 Å². The van der Waals surface area contributed by atoms with Crippen LogP contribution in [0.25, 0.3) is 6.08 Å². The number of nitrogens with one attached hydrogen (secondary N) is 1. The summed E-state index contributed by atoms with van der Waals surface area (Å²) in [6.07, 6.45) is 6.08. The lowest BCUT2D eigenvalue weighted by molar-refractivity contribution is 0.0943. The maximum atomic E-state index is 12.2. The number of ether oxygens (including phenoxy) is 1. The number of hydrogen-bond donors (Lipinski definition) is 1. The summed E-state index contributed by atoms with van der Waals surface area (Å²) in [6, 6.07) is 10.3. The molecule has 114 valence electrons. The number of nitrogens with zero attached hydrogens (tertiary/aromatic N) is 1. The van der Waals surface area contributed by atoms with Gasteiger partial charge in [0.2, 0.25) is 0 Å². The summed E-state index contributed by atoms with van der Waals surface area (Å²) in [6.45, 7) is 4.70. The van der Waals surface area contributed by atoms with Crippen LogP contribution in [-0.2, 0) is 4.74 Å². The SMILES string of the molecule is CCOC[C@H]1CCCN1C(=O)NC/C=C/c1ccccc1. The van der Waals surface area contributed by atoms with Crippen molar-refractivity contribution in [1.82, 2.24) is 10.2 Å². The molecular formula is C17H24N2O2. The number of likely N-dealkylation sites (tertiary alicyclic amines) is 1. The molecule has 0 saturated carbocycles. The van der Waals surface area contributed by atoms with Crippen LogP contribution in [0.15, 0.2) is 36.4 Å². The first-order chi connectivity index (χ1) is 10.3. The minimum absolute atomic E-state index is 0.00918. The summed E-state index contributed by atoms with van der Waals surface area (Å²) in [5, 5.41) is 2.95. The van der Waals surface area contributed by atoms with Gasteiger partial charge in [-0.05, 0) is 25.3 Å². The molecule has 0 aliphatic carbocycles. The first kappa shape index (κ1) is 15.6. The zero-order valence-electron chi connectivity index (χ0n) is 12.6. The number of carbonyl (C=O) groups excluding carboxylic acids is 1. The average Bonchev–Trinajstić information content (AvgIpc) is 2.99. The highest BCUT2D eigenvalue weighted by atomic mass is 16.5. The minimum atomic E-state index is 0.00918. The monoisotopic (exact) mass is 288 g/mol. The molecule has 1 heterocycles. The quantitative estimate of drug-likeness (QED) is 0.874. The molecule has 0 spiro atoms. The molecule has 4 nitrogen and oxygen atoms in total. The standard InChI is InChI=1S/C17H24N2O2/c1-2-21-14-16-11-7-13-19(16)17(20)18-12-6-10-15-8-4-3-5-9-15/h3-6,8-10,16H,2,7,11-14H2,1H3,(H,18,20)/b10-6+/t16-/m1/s1. The molecule has 0 bridgehead atoms. The van der Waals surface area contributed by atoms with E-state index in [1.54, 1.807) is 0 Å². The van der Waals surface area contributed by atoms with Crippen molar-refractivity contribution in [2.45, 2.75) is 25.8 Å². The molecule has 2 rings (SSSR count). The van der Waals surface area contributed by atoms with Crippen molar-refractivity contribution < 1.29 is 9.53 Å². The van der Waals surface area contributed by atoms with Gasteiger partial charge >= 0.3 is 6.03 Å². The van der Waals surface area contributed by atoms with Gasteiger partial charge in [-0.15, -0.1) is 0 Å². The molecule has 0 radical (unpaired) electrons. The Balaban J connectivity index is 1.75. The summed E-state index contributed by atoms with van der Waals surface area (Å²) in [4.78, 5) is 14.1. The Morgan fingerprint density at radius 2 is 2.24 bits per heavy atom. The van der Waals surface area contributed by atoms with Gasteiger partial charge in [-0.3, -0.25) is 0 Å². The average molecular weight is 288 g/mol. The van der Waals surface area contributed by atoms with Crippen molar-refractivity contribution in [2.24, 2.45) is 0 Å². The van der Waals surface area contributed by atoms with Gasteiger partial charge in [-0.25, -0.2) is 4.79 Å². The summed E-state index contributed by atoms with van der Waals surface area (Å²) < 4.78 is 5.45. The number of urea groups is 1. The lowest BCUT2D eigenvalue weighted by Gasteiger charge is -2.24. The van der Waals surface area contributed by atoms with E-state index in [0.717, 1.165) is 24.9 Å². The van der Waals surface area contributed by atoms with E-state index in [0.29, 0.717) is 19.8 Å². The third kappa shape index (κ3) is 4.90. The maximum Gasteiger partial charge on any atom is 0.317 e. The second kappa shape index (κ2) is 8.47. The topological polar surface area (TPSA) is 41.6 Å². The third-order valence-electron chi connectivity index (χ3n) is 3.63. The van der Waals surface area contributed by atoms with Crippen LogP contribution in [0.4, 0.5) is 4.79 Å². The van der Waals surface area contributed by atoms with Crippen molar-refractivity contribution in [1.29, 1.82) is 0 Å². The van der Waals surface area contributed by atoms with Gasteiger partial charge in [0, 0.05) is 19.7 Å². The van der Waals surface area contributed by atoms with E-state index in [1.165, 1.54) is 0 Å². The molecule has 1 fully saturated rings. The van der Waals surface area contributed by atoms with Gasteiger partial charge in [0.25, 0.3) is 0 Å². The molecule has 1 aromatic rings. The van der Waals surface area contributed by atoms with Crippen LogP contribution in [0.5, 0.6) is 0 Å². The van der Waals surface area contributed by atoms with E-state index >= 15 is 0 Å². The fourth-order valence-electron chi connectivity index (χ4n) is 2.54. The fraction of sp³-hybridized carbons (Fsp3) is 0.471. The number of amides is 2. The summed E-state index contributed by atoms with van der Waals surface area (Å²) >= 11 is 0. The Bertz CT molecular complexity index is 459. The normalized spacial score (nSPS) is 18.3. The van der Waals surface area contributed by atoms with E-state index < -0.39 is 0 Å². The smallest absolute Gasteiger partial charge is 0.317 e. The molecule has 21 heavy (non-hydrogen) atoms. The van der Waals surface area contributed by atoms with Crippen LogP contribution in [-0.4, -0.2) is 43.3 Å². The Kier molecular flexibility index (Phi) is 6.28. The lowest BCUT2D eigenvalue weighted by Crippen LogP contribution is -2.44. The van der Waals surface area contributed by atoms with Crippen LogP contribution in [0.1, 0.15) is 25.3 Å². The molecule has 1 saturated heterocycles. The van der Waals surface area contributed by atoms with Gasteiger partial charge in [0.05, 0.1) is 12.6 Å². The van der Waals surface area contributed by atoms with E-state index in [1.807, 2.05) is 54.3 Å². The molecule has 1 aliphatic rings. The van der Waals surface area contributed by atoms with Crippen LogP contribution < -0.4 is 5.32 Å². The summed E-state index contributed by atoms with van der Waals surface area (Å²) in [5.41, 5.74) is 1.14. The van der Waals surface area contributed by atoms with E-state index in [9.17, 15) is 4.79 Å². The van der Waals surface area contributed by atoms with Crippen molar-refractivity contribution in [3.8, 4) is 0 Å². The zero-order chi connectivity index (χ0) is 14.9. The molecule has 1 aromatic carbocycles. The van der Waals surface area contributed by atoms with E-state index in [2.05, 4.69) is 5.32 Å². The Morgan fingerprint density at radius 1 is 1.43 bits per heavy atom. The van der Waals surface area contributed by atoms with Crippen molar-refractivity contribution in [3.63, 3.8) is 0 Å². The number of rotatable bonds is 6. The first-order valence-corrected chi connectivity index (χ1v) is 7.65. The highest BCUT2D eigenvalue weighted by Crippen LogP contribution is 2.17. The second-order valence-electron chi connectivity index (χ2n) is 5.15. The molecular weight excluding hydrogens is 264 g/mol. The molecule has 4 heteroatoms. The van der Waals surface area contributed by atoms with Gasteiger partial charge in [-0.2, -0.15) is 0 Å². The summed E-state index contributed by atoms with van der Waals surface area (Å²) in [7, 11) is 0. The first-order valence-electron chi connectivity index (χ1n) is 7.65. The molecule has 1 N–H and O–H groups in total. The number of benzene rings is 1. The highest BCUT2D eigenvalue weighted by molar-refractivity contribution is 5.75. The Hall–Kier alpha value is -1.81. The molecule has 2 amide bonds. The van der Waals surface area contributed by atoms with Gasteiger partial charge in [0.1, 0.15) is 0 Å². The van der Waals surface area contributed by atoms with Gasteiger partial charge in [0.15, 0.2) is 0 Å². The number of carbonyl (C=O) groups is 1. The Morgan fingerprint density at radius 3 is 3.00 bits per heavy atom. The maximum absolute atomic E-state index is 12.2. The lowest BCUT2D eigenvalue weighted by atomic mass is 10.2. The van der Waals surface area contributed by atoms with Gasteiger partial charge in [-0.1, -0.05) is 42.5 Å². The van der Waals surface area contributed by atoms with Crippen molar-refractivity contribution >= 4 is 12.1 Å². The third-order valence-corrected chi connectivity index (χ3v) is 3.63. The van der Waals surface area contributed by atoms with E-state index in [4.69, 9.17) is 4.74 Å². The van der Waals surface area contributed by atoms with Gasteiger partial charge < -0.3 is 15.0 Å². The number of hydrogen-bond acceptors (Lipinski definition) is 2. The second-order valence-corrected chi connectivity index (χ2v) is 5.15. The Labute approximate surface area is 126 Å². The molecule has 1 aliphatic heterocycles. The predicted octanol–water partition coefficient (Wildman–Crippen LogP) is 2.91. The highest BCUT2D eigenvalue weighted by Gasteiger charge is 2.28. The largest absolute Gasteiger partial charge is 0.380 e. The van der Waals surface area contributed by atoms with Crippen LogP contribution in [0.3, 0.4) is 0 Å². The zero-order valence-corrected chi connectivity index (χ0v) is 12.6. The van der Waals surface area contributed by atoms with E-state index in [-0.39, 0.29) is 12.1 Å². The summed E-state index contributed by atoms with van der Waals surface area (Å²) in [5.74, 6) is 0. The van der Waals surface area contributed by atoms with Crippen LogP contribution in [0, 0.1) is 0 Å².